The van der Waals surface area contributed by atoms with E-state index in [1.165, 1.54) is 0 Å². The van der Waals surface area contributed by atoms with E-state index in [9.17, 15) is 4.79 Å². The van der Waals surface area contributed by atoms with Gasteiger partial charge in [0.05, 0.1) is 29.6 Å². The molecule has 1 aromatic heterocycles. The molecule has 0 atom stereocenters. The van der Waals surface area contributed by atoms with E-state index in [0.29, 0.717) is 18.9 Å². The van der Waals surface area contributed by atoms with Gasteiger partial charge in [-0.15, -0.1) is 0 Å². The zero-order chi connectivity index (χ0) is 23.7. The van der Waals surface area contributed by atoms with Gasteiger partial charge in [0.1, 0.15) is 11.4 Å². The summed E-state index contributed by atoms with van der Waals surface area (Å²) in [6, 6.07) is 8.07. The SMILES string of the molecule is CCCN(Cc1ncc(-c2cccc(B3OC(C)(C)C(C)(C)O3)c2)[nH]1)C(=O)OC(C)(C)C. The van der Waals surface area contributed by atoms with Crippen LogP contribution in [0.15, 0.2) is 30.5 Å². The van der Waals surface area contributed by atoms with E-state index in [1.54, 1.807) is 11.1 Å². The number of ether oxygens (including phenoxy) is 1. The summed E-state index contributed by atoms with van der Waals surface area (Å²) in [5.74, 6) is 0.709. The van der Waals surface area contributed by atoms with Crippen LogP contribution in [0.4, 0.5) is 4.79 Å². The normalized spacial score (nSPS) is 17.4. The van der Waals surface area contributed by atoms with Gasteiger partial charge in [0.25, 0.3) is 0 Å². The third kappa shape index (κ3) is 5.53. The Bertz CT molecular complexity index is 933. The lowest BCUT2D eigenvalue weighted by Gasteiger charge is -2.32. The maximum atomic E-state index is 12.6. The monoisotopic (exact) mass is 441 g/mol. The average Bonchev–Trinajstić information content (AvgIpc) is 3.22. The number of aromatic amines is 1. The number of carbonyl (C=O) groups excluding carboxylic acids is 1. The number of carbonyl (C=O) groups is 1. The smallest absolute Gasteiger partial charge is 0.444 e. The highest BCUT2D eigenvalue weighted by Crippen LogP contribution is 2.36. The van der Waals surface area contributed by atoms with Crippen molar-refractivity contribution in [2.24, 2.45) is 0 Å². The second-order valence-corrected chi connectivity index (χ2v) is 10.4. The molecule has 7 nitrogen and oxygen atoms in total. The average molecular weight is 441 g/mol. The summed E-state index contributed by atoms with van der Waals surface area (Å²) in [7, 11) is -0.422. The number of imidazole rings is 1. The number of hydrogen-bond acceptors (Lipinski definition) is 5. The Morgan fingerprint density at radius 3 is 2.44 bits per heavy atom. The zero-order valence-corrected chi connectivity index (χ0v) is 20.6. The molecular formula is C24H36BN3O4. The summed E-state index contributed by atoms with van der Waals surface area (Å²) in [6.07, 6.45) is 2.29. The number of benzene rings is 1. The molecule has 0 saturated carbocycles. The van der Waals surface area contributed by atoms with E-state index in [0.717, 1.165) is 23.1 Å². The zero-order valence-electron chi connectivity index (χ0n) is 20.6. The maximum absolute atomic E-state index is 12.6. The lowest BCUT2D eigenvalue weighted by atomic mass is 9.78. The largest absolute Gasteiger partial charge is 0.494 e. The first kappa shape index (κ1) is 24.3. The number of hydrogen-bond donors (Lipinski definition) is 1. The van der Waals surface area contributed by atoms with E-state index >= 15 is 0 Å². The number of nitrogens with one attached hydrogen (secondary N) is 1. The molecule has 2 heterocycles. The minimum absolute atomic E-state index is 0.333. The quantitative estimate of drug-likeness (QED) is 0.667. The molecule has 174 valence electrons. The predicted molar refractivity (Wildman–Crippen MR) is 127 cm³/mol. The summed E-state index contributed by atoms with van der Waals surface area (Å²) in [4.78, 5) is 22.1. The molecule has 1 fully saturated rings. The number of aromatic nitrogens is 2. The third-order valence-electron chi connectivity index (χ3n) is 5.84. The maximum Gasteiger partial charge on any atom is 0.494 e. The topological polar surface area (TPSA) is 76.7 Å². The Labute approximate surface area is 192 Å². The molecule has 1 aliphatic heterocycles. The van der Waals surface area contributed by atoms with Gasteiger partial charge in [-0.25, -0.2) is 9.78 Å². The van der Waals surface area contributed by atoms with Gasteiger partial charge < -0.3 is 23.9 Å². The van der Waals surface area contributed by atoms with Crippen molar-refractivity contribution < 1.29 is 18.8 Å². The summed E-state index contributed by atoms with van der Waals surface area (Å²) in [5.41, 5.74) is 1.50. The fourth-order valence-corrected chi connectivity index (χ4v) is 3.43. The van der Waals surface area contributed by atoms with Crippen molar-refractivity contribution in [2.45, 2.75) is 85.2 Å². The van der Waals surface area contributed by atoms with Crippen LogP contribution in [-0.2, 0) is 20.6 Å². The van der Waals surface area contributed by atoms with Crippen molar-refractivity contribution in [2.75, 3.05) is 6.54 Å². The van der Waals surface area contributed by atoms with Gasteiger partial charge in [-0.2, -0.15) is 0 Å². The first-order chi connectivity index (χ1) is 14.8. The van der Waals surface area contributed by atoms with Gasteiger partial charge in [0.2, 0.25) is 0 Å². The van der Waals surface area contributed by atoms with Gasteiger partial charge in [0.15, 0.2) is 0 Å². The fourth-order valence-electron chi connectivity index (χ4n) is 3.43. The van der Waals surface area contributed by atoms with Crippen LogP contribution in [0.3, 0.4) is 0 Å². The van der Waals surface area contributed by atoms with Crippen LogP contribution in [0.25, 0.3) is 11.3 Å². The number of amides is 1. The standard InChI is InChI=1S/C24H36BN3O4/c1-9-13-28(21(29)30-22(2,3)4)16-20-26-15-19(27-20)17-11-10-12-18(14-17)25-31-23(5,6)24(7,8)32-25/h10-12,14-15H,9,13,16H2,1-8H3,(H,26,27). The van der Waals surface area contributed by atoms with Crippen molar-refractivity contribution in [1.82, 2.24) is 14.9 Å². The highest BCUT2D eigenvalue weighted by Gasteiger charge is 2.51. The van der Waals surface area contributed by atoms with Crippen LogP contribution in [-0.4, -0.2) is 51.4 Å². The molecule has 1 aromatic carbocycles. The summed E-state index contributed by atoms with van der Waals surface area (Å²) in [6.45, 7) is 16.8. The number of H-pyrrole nitrogens is 1. The Balaban J connectivity index is 1.75. The van der Waals surface area contributed by atoms with Crippen molar-refractivity contribution in [3.63, 3.8) is 0 Å². The Morgan fingerprint density at radius 1 is 1.19 bits per heavy atom. The molecule has 2 aromatic rings. The van der Waals surface area contributed by atoms with Gasteiger partial charge in [-0.3, -0.25) is 0 Å². The van der Waals surface area contributed by atoms with E-state index in [-0.39, 0.29) is 17.3 Å². The first-order valence-electron chi connectivity index (χ1n) is 11.3. The van der Waals surface area contributed by atoms with Crippen LogP contribution in [0.2, 0.25) is 0 Å². The molecule has 3 rings (SSSR count). The molecule has 32 heavy (non-hydrogen) atoms. The van der Waals surface area contributed by atoms with Crippen LogP contribution in [0.1, 0.15) is 67.6 Å². The Hall–Kier alpha value is -2.32. The molecular weight excluding hydrogens is 405 g/mol. The van der Waals surface area contributed by atoms with Crippen molar-refractivity contribution in [3.8, 4) is 11.3 Å². The van der Waals surface area contributed by atoms with Gasteiger partial charge in [-0.1, -0.05) is 31.2 Å². The van der Waals surface area contributed by atoms with Crippen LogP contribution in [0, 0.1) is 0 Å². The number of nitrogens with zero attached hydrogens (tertiary/aromatic N) is 2. The van der Waals surface area contributed by atoms with E-state index in [2.05, 4.69) is 16.0 Å². The molecule has 1 N–H and O–H groups in total. The van der Waals surface area contributed by atoms with Crippen molar-refractivity contribution >= 4 is 18.7 Å². The van der Waals surface area contributed by atoms with Crippen LogP contribution < -0.4 is 5.46 Å². The summed E-state index contributed by atoms with van der Waals surface area (Å²) >= 11 is 0. The minimum atomic E-state index is -0.536. The van der Waals surface area contributed by atoms with Gasteiger partial charge in [0, 0.05) is 6.54 Å². The van der Waals surface area contributed by atoms with Gasteiger partial charge >= 0.3 is 13.2 Å². The van der Waals surface area contributed by atoms with E-state index in [1.807, 2.05) is 73.6 Å². The molecule has 1 amide bonds. The second-order valence-electron chi connectivity index (χ2n) is 10.4. The highest BCUT2D eigenvalue weighted by atomic mass is 16.7. The first-order valence-corrected chi connectivity index (χ1v) is 11.3. The molecule has 0 aliphatic carbocycles. The van der Waals surface area contributed by atoms with Crippen molar-refractivity contribution in [3.05, 3.63) is 36.3 Å². The lowest BCUT2D eigenvalue weighted by molar-refractivity contribution is 0.00578. The highest BCUT2D eigenvalue weighted by molar-refractivity contribution is 6.62. The minimum Gasteiger partial charge on any atom is -0.444 e. The number of rotatable bonds is 6. The van der Waals surface area contributed by atoms with E-state index < -0.39 is 12.7 Å². The molecule has 0 unspecified atom stereocenters. The Kier molecular flexibility index (Phi) is 6.77. The van der Waals surface area contributed by atoms with Crippen molar-refractivity contribution in [1.29, 1.82) is 0 Å². The molecule has 1 saturated heterocycles. The van der Waals surface area contributed by atoms with Crippen LogP contribution in [0.5, 0.6) is 0 Å². The lowest BCUT2D eigenvalue weighted by Crippen LogP contribution is -2.41. The fraction of sp³-hybridized carbons (Fsp3) is 0.583. The van der Waals surface area contributed by atoms with Crippen LogP contribution >= 0.6 is 0 Å². The second kappa shape index (κ2) is 8.91. The molecule has 0 bridgehead atoms. The summed E-state index contributed by atoms with van der Waals surface area (Å²) in [5, 5.41) is 0. The Morgan fingerprint density at radius 2 is 1.84 bits per heavy atom. The molecule has 0 spiro atoms. The summed E-state index contributed by atoms with van der Waals surface area (Å²) < 4.78 is 17.9. The molecule has 0 radical (unpaired) electrons. The molecule has 1 aliphatic rings. The third-order valence-corrected chi connectivity index (χ3v) is 5.84. The van der Waals surface area contributed by atoms with E-state index in [4.69, 9.17) is 14.0 Å². The molecule has 8 heteroatoms. The predicted octanol–water partition coefficient (Wildman–Crippen LogP) is 4.52. The van der Waals surface area contributed by atoms with Gasteiger partial charge in [-0.05, 0) is 65.9 Å².